The van der Waals surface area contributed by atoms with Crippen molar-refractivity contribution in [1.82, 2.24) is 9.13 Å². The lowest BCUT2D eigenvalue weighted by atomic mass is 9.99. The zero-order chi connectivity index (χ0) is 31.1. The van der Waals surface area contributed by atoms with Crippen molar-refractivity contribution in [2.24, 2.45) is 0 Å². The molecule has 0 aliphatic rings. The highest BCUT2D eigenvalue weighted by atomic mass is 16.3. The molecule has 3 heterocycles. The first kappa shape index (κ1) is 25.7. The van der Waals surface area contributed by atoms with Crippen LogP contribution in [-0.2, 0) is 0 Å². The number of hydrogen-bond donors (Lipinski definition) is 0. The van der Waals surface area contributed by atoms with Crippen LogP contribution < -0.4 is 0 Å². The van der Waals surface area contributed by atoms with Gasteiger partial charge >= 0.3 is 0 Å². The molecule has 0 N–H and O–H groups in total. The van der Waals surface area contributed by atoms with Gasteiger partial charge in [-0.25, -0.2) is 4.85 Å². The van der Waals surface area contributed by atoms with Crippen molar-refractivity contribution in [1.29, 1.82) is 0 Å². The van der Waals surface area contributed by atoms with Crippen LogP contribution in [0.2, 0.25) is 0 Å². The first-order valence-corrected chi connectivity index (χ1v) is 15.7. The lowest BCUT2D eigenvalue weighted by molar-refractivity contribution is 0.667. The van der Waals surface area contributed by atoms with Gasteiger partial charge in [0.1, 0.15) is 5.58 Å². The minimum Gasteiger partial charge on any atom is -0.453 e. The van der Waals surface area contributed by atoms with Gasteiger partial charge in [0.05, 0.1) is 40.0 Å². The molecule has 0 bridgehead atoms. The summed E-state index contributed by atoms with van der Waals surface area (Å²) in [7, 11) is 0. The Morgan fingerprint density at radius 2 is 0.894 bits per heavy atom. The van der Waals surface area contributed by atoms with Gasteiger partial charge in [0.25, 0.3) is 0 Å². The van der Waals surface area contributed by atoms with Crippen LogP contribution in [0, 0.1) is 6.57 Å². The minimum atomic E-state index is 0.614. The van der Waals surface area contributed by atoms with E-state index in [0.29, 0.717) is 5.69 Å². The van der Waals surface area contributed by atoms with Crippen LogP contribution >= 0.6 is 0 Å². The molecule has 0 saturated heterocycles. The lowest BCUT2D eigenvalue weighted by Gasteiger charge is -2.13. The van der Waals surface area contributed by atoms with Gasteiger partial charge in [-0.1, -0.05) is 121 Å². The lowest BCUT2D eigenvalue weighted by Crippen LogP contribution is -1.95. The van der Waals surface area contributed by atoms with Crippen molar-refractivity contribution in [3.05, 3.63) is 163 Å². The van der Waals surface area contributed by atoms with Gasteiger partial charge in [-0.3, -0.25) is 0 Å². The van der Waals surface area contributed by atoms with Crippen LogP contribution in [0.1, 0.15) is 0 Å². The molecule has 0 unspecified atom stereocenters. The monoisotopic (exact) mass is 599 g/mol. The second-order valence-corrected chi connectivity index (χ2v) is 12.0. The highest BCUT2D eigenvalue weighted by molar-refractivity contribution is 6.18. The Morgan fingerprint density at radius 3 is 1.60 bits per heavy atom. The summed E-state index contributed by atoms with van der Waals surface area (Å²) >= 11 is 0. The normalized spacial score (nSPS) is 11.8. The average molecular weight is 600 g/mol. The van der Waals surface area contributed by atoms with Gasteiger partial charge in [0, 0.05) is 43.4 Å². The zero-order valence-corrected chi connectivity index (χ0v) is 25.2. The Morgan fingerprint density at radius 1 is 0.404 bits per heavy atom. The second kappa shape index (κ2) is 9.71. The maximum absolute atomic E-state index is 7.97. The predicted octanol–water partition coefficient (Wildman–Crippen LogP) is 12.0. The fraction of sp³-hybridized carbons (Fsp3) is 0. The maximum Gasteiger partial charge on any atom is 0.210 e. The van der Waals surface area contributed by atoms with Crippen molar-refractivity contribution in [2.45, 2.75) is 0 Å². The van der Waals surface area contributed by atoms with Crippen molar-refractivity contribution in [2.75, 3.05) is 0 Å². The van der Waals surface area contributed by atoms with Gasteiger partial charge in [0.15, 0.2) is 5.58 Å². The molecule has 0 fully saturated rings. The van der Waals surface area contributed by atoms with Gasteiger partial charge in [-0.15, -0.1) is 0 Å². The third-order valence-corrected chi connectivity index (χ3v) is 9.55. The number of rotatable bonds is 3. The molecule has 4 nitrogen and oxygen atoms in total. The Labute approximate surface area is 269 Å². The third-order valence-electron chi connectivity index (χ3n) is 9.55. The molecular formula is C43H25N3O. The van der Waals surface area contributed by atoms with Gasteiger partial charge in [0.2, 0.25) is 5.69 Å². The van der Waals surface area contributed by atoms with Crippen LogP contribution in [0.3, 0.4) is 0 Å². The highest BCUT2D eigenvalue weighted by Crippen LogP contribution is 2.44. The summed E-state index contributed by atoms with van der Waals surface area (Å²) in [5, 5.41) is 6.87. The molecule has 10 aromatic rings. The molecule has 0 radical (unpaired) electrons. The summed E-state index contributed by atoms with van der Waals surface area (Å²) in [5.74, 6) is 0. The number of aromatic nitrogens is 2. The third kappa shape index (κ3) is 3.51. The van der Waals surface area contributed by atoms with Crippen molar-refractivity contribution in [3.63, 3.8) is 0 Å². The molecule has 0 saturated carbocycles. The van der Waals surface area contributed by atoms with E-state index in [1.165, 1.54) is 10.8 Å². The molecule has 218 valence electrons. The van der Waals surface area contributed by atoms with E-state index < -0.39 is 0 Å². The summed E-state index contributed by atoms with van der Waals surface area (Å²) in [6, 6.07) is 52.8. The molecule has 0 spiro atoms. The zero-order valence-electron chi connectivity index (χ0n) is 25.2. The SMILES string of the molecule is [C-]#[N+]c1ccccc1-n1c2ccccc2c2cccc(-c3cccc4c3oc3c(-n5c6ccccc6c6ccccc65)cccc34)c21. The molecule has 0 aliphatic carbocycles. The first-order chi connectivity index (χ1) is 23.3. The Bertz CT molecular complexity index is 2880. The van der Waals surface area contributed by atoms with Crippen LogP contribution in [0.25, 0.3) is 92.9 Å². The van der Waals surface area contributed by atoms with E-state index in [2.05, 4.69) is 141 Å². The number of para-hydroxylation sites is 8. The minimum absolute atomic E-state index is 0.614. The highest BCUT2D eigenvalue weighted by Gasteiger charge is 2.22. The largest absolute Gasteiger partial charge is 0.453 e. The van der Waals surface area contributed by atoms with Gasteiger partial charge in [-0.2, -0.15) is 0 Å². The molecule has 0 amide bonds. The van der Waals surface area contributed by atoms with Crippen molar-refractivity contribution in [3.8, 4) is 22.5 Å². The van der Waals surface area contributed by atoms with Crippen LogP contribution in [0.15, 0.2) is 156 Å². The average Bonchev–Trinajstić information content (AvgIpc) is 3.80. The van der Waals surface area contributed by atoms with E-state index in [0.717, 1.165) is 77.3 Å². The molecular weight excluding hydrogens is 574 g/mol. The maximum atomic E-state index is 7.97. The number of hydrogen-bond acceptors (Lipinski definition) is 1. The standard InChI is InChI=1S/C43H25N3O/c1-44-35-21-5-9-25-39(35)46-38-24-8-4-15-29(38)30-16-10-17-31(41(30)46)32-18-11-19-33-34-20-12-26-40(43(34)47-42(32)33)45-36-22-6-2-13-27(36)28-14-3-7-23-37(28)45/h2-26H. The van der Waals surface area contributed by atoms with E-state index in [4.69, 9.17) is 11.0 Å². The van der Waals surface area contributed by atoms with Gasteiger partial charge < -0.3 is 13.6 Å². The Balaban J connectivity index is 1.31. The fourth-order valence-corrected chi connectivity index (χ4v) is 7.61. The molecule has 3 aromatic heterocycles. The molecule has 0 aliphatic heterocycles. The Hall–Kier alpha value is -6.57. The quantitative estimate of drug-likeness (QED) is 0.186. The number of furan rings is 1. The summed E-state index contributed by atoms with van der Waals surface area (Å²) in [5.41, 5.74) is 10.7. The summed E-state index contributed by atoms with van der Waals surface area (Å²) in [6.45, 7) is 7.97. The van der Waals surface area contributed by atoms with E-state index in [1.54, 1.807) is 0 Å². The van der Waals surface area contributed by atoms with E-state index in [-0.39, 0.29) is 0 Å². The first-order valence-electron chi connectivity index (χ1n) is 15.7. The summed E-state index contributed by atoms with van der Waals surface area (Å²) < 4.78 is 11.6. The van der Waals surface area contributed by atoms with Crippen molar-refractivity contribution < 1.29 is 4.42 Å². The molecule has 10 rings (SSSR count). The topological polar surface area (TPSA) is 27.4 Å². The molecule has 47 heavy (non-hydrogen) atoms. The summed E-state index contributed by atoms with van der Waals surface area (Å²) in [6.07, 6.45) is 0. The van der Waals surface area contributed by atoms with Crippen LogP contribution in [0.5, 0.6) is 0 Å². The molecule has 0 atom stereocenters. The van der Waals surface area contributed by atoms with E-state index in [1.807, 2.05) is 24.3 Å². The number of nitrogens with zero attached hydrogens (tertiary/aromatic N) is 3. The smallest absolute Gasteiger partial charge is 0.210 e. The number of fused-ring (bicyclic) bond motifs is 9. The molecule has 4 heteroatoms. The van der Waals surface area contributed by atoms with E-state index in [9.17, 15) is 0 Å². The van der Waals surface area contributed by atoms with E-state index >= 15 is 0 Å². The van der Waals surface area contributed by atoms with Crippen LogP contribution in [0.4, 0.5) is 5.69 Å². The van der Waals surface area contributed by atoms with Crippen LogP contribution in [-0.4, -0.2) is 9.13 Å². The predicted molar refractivity (Wildman–Crippen MR) is 194 cm³/mol. The number of benzene rings is 7. The second-order valence-electron chi connectivity index (χ2n) is 12.0. The summed E-state index contributed by atoms with van der Waals surface area (Å²) in [4.78, 5) is 3.91. The Kier molecular flexibility index (Phi) is 5.32. The molecule has 7 aromatic carbocycles. The fourth-order valence-electron chi connectivity index (χ4n) is 7.61. The van der Waals surface area contributed by atoms with Gasteiger partial charge in [-0.05, 0) is 30.3 Å². The van der Waals surface area contributed by atoms with Crippen molar-refractivity contribution >= 4 is 71.2 Å².